The standard InChI is InChI=1S/C3H7.CH2.Al/c1-3-2;;/h3H,1-2H3;1H2;. The van der Waals surface area contributed by atoms with E-state index in [0.29, 0.717) is 14.8 Å². The van der Waals surface area contributed by atoms with E-state index in [-0.39, 0.29) is 0 Å². The first-order valence-electron chi connectivity index (χ1n) is 1.90. The molecule has 0 aromatic carbocycles. The molecule has 0 spiro atoms. The van der Waals surface area contributed by atoms with Gasteiger partial charge in [-0.2, -0.15) is 0 Å². The van der Waals surface area contributed by atoms with E-state index in [9.17, 15) is 0 Å². The Morgan fingerprint density at radius 2 is 1.80 bits per heavy atom. The van der Waals surface area contributed by atoms with Crippen molar-refractivity contribution < 1.29 is 0 Å². The summed E-state index contributed by atoms with van der Waals surface area (Å²) in [7, 11) is 0. The van der Waals surface area contributed by atoms with Crippen molar-refractivity contribution in [2.45, 2.75) is 18.6 Å². The number of hydrogen-bond donors (Lipinski definition) is 0. The van der Waals surface area contributed by atoms with E-state index in [1.807, 2.05) is 0 Å². The van der Waals surface area contributed by atoms with Gasteiger partial charge in [0.05, 0.1) is 0 Å². The molecule has 0 N–H and O–H groups in total. The van der Waals surface area contributed by atoms with E-state index < -0.39 is 0 Å². The maximum atomic E-state index is 3.77. The third kappa shape index (κ3) is 4.40. The number of hydrogen-bond acceptors (Lipinski definition) is 0. The second-order valence-corrected chi connectivity index (χ2v) is 3.28. The fraction of sp³-hybridized carbons (Fsp3) is 0.750. The molecule has 1 heteroatoms. The van der Waals surface area contributed by atoms with Gasteiger partial charge in [0.1, 0.15) is 0 Å². The van der Waals surface area contributed by atoms with E-state index in [1.54, 1.807) is 0 Å². The van der Waals surface area contributed by atoms with Crippen molar-refractivity contribution in [1.82, 2.24) is 0 Å². The fourth-order valence-corrected chi connectivity index (χ4v) is 0. The van der Waals surface area contributed by atoms with Crippen molar-refractivity contribution >= 4 is 20.2 Å². The van der Waals surface area contributed by atoms with Gasteiger partial charge in [-0.15, -0.1) is 0 Å². The van der Waals surface area contributed by atoms with Gasteiger partial charge in [-0.25, -0.2) is 0 Å². The van der Waals surface area contributed by atoms with Crippen molar-refractivity contribution in [3.8, 4) is 0 Å². The Balaban J connectivity index is 2.83. The third-order valence-electron chi connectivity index (χ3n) is 0.471. The molecule has 0 fully saturated rings. The molecule has 0 saturated heterocycles. The Labute approximate surface area is 39.5 Å². The predicted octanol–water partition coefficient (Wildman–Crippen LogP) is 0.951. The van der Waals surface area contributed by atoms with Gasteiger partial charge < -0.3 is 0 Å². The normalized spacial score (nSPS) is 7.80. The molecule has 0 amide bonds. The zero-order valence-corrected chi connectivity index (χ0v) is 5.02. The van der Waals surface area contributed by atoms with Crippen LogP contribution in [0, 0.1) is 0 Å². The molecule has 0 unspecified atom stereocenters. The molecule has 0 aliphatic carbocycles. The van der Waals surface area contributed by atoms with Crippen molar-refractivity contribution in [1.29, 1.82) is 0 Å². The average Bonchev–Trinajstić information content (AvgIpc) is 1.38. The Hall–Kier alpha value is 0.402. The van der Waals surface area contributed by atoms with Crippen LogP contribution in [-0.2, 0) is 0 Å². The molecule has 0 rings (SSSR count). The molecule has 28 valence electrons. The van der Waals surface area contributed by atoms with Crippen LogP contribution in [0.2, 0.25) is 4.78 Å². The van der Waals surface area contributed by atoms with E-state index in [0.717, 1.165) is 4.78 Å². The van der Waals surface area contributed by atoms with Crippen LogP contribution in [0.5, 0.6) is 0 Å². The summed E-state index contributed by atoms with van der Waals surface area (Å²) in [4.78, 5) is 0. The molecule has 5 heavy (non-hydrogen) atoms. The van der Waals surface area contributed by atoms with Crippen LogP contribution < -0.4 is 0 Å². The number of rotatable bonds is 1. The summed E-state index contributed by atoms with van der Waals surface area (Å²) < 4.78 is 0.856. The predicted molar refractivity (Wildman–Crippen MR) is 28.0 cm³/mol. The zero-order chi connectivity index (χ0) is 4.28. The molecular weight excluding hydrogens is 75.0 g/mol. The quantitative estimate of drug-likeness (QED) is 0.415. The first-order chi connectivity index (χ1) is 2.27. The maximum absolute atomic E-state index is 3.77. The minimum absolute atomic E-state index is 0.481. The Morgan fingerprint density at radius 1 is 1.60 bits per heavy atom. The van der Waals surface area contributed by atoms with Gasteiger partial charge in [0, 0.05) is 0 Å². The first kappa shape index (κ1) is 5.40. The van der Waals surface area contributed by atoms with E-state index in [2.05, 4.69) is 19.2 Å². The van der Waals surface area contributed by atoms with E-state index in [1.165, 1.54) is 0 Å². The summed E-state index contributed by atoms with van der Waals surface area (Å²) in [5, 5.41) is 3.77. The van der Waals surface area contributed by atoms with Crippen LogP contribution in [0.3, 0.4) is 0 Å². The molecule has 0 bridgehead atoms. The SMILES string of the molecule is [CH2]=[Al][CH](C)C. The second-order valence-electron chi connectivity index (χ2n) is 1.48. The van der Waals surface area contributed by atoms with Gasteiger partial charge in [0.15, 0.2) is 0 Å². The molecular formula is C4H9Al. The van der Waals surface area contributed by atoms with Gasteiger partial charge in [0.2, 0.25) is 0 Å². The van der Waals surface area contributed by atoms with Crippen LogP contribution >= 0.6 is 0 Å². The monoisotopic (exact) mass is 84.1 g/mol. The average molecular weight is 84.1 g/mol. The van der Waals surface area contributed by atoms with Crippen LogP contribution in [0.1, 0.15) is 13.8 Å². The van der Waals surface area contributed by atoms with E-state index in [4.69, 9.17) is 0 Å². The van der Waals surface area contributed by atoms with Gasteiger partial charge in [0.25, 0.3) is 0 Å². The summed E-state index contributed by atoms with van der Waals surface area (Å²) in [5.41, 5.74) is 0. The Kier molecular flexibility index (Phi) is 2.84. The van der Waals surface area contributed by atoms with Crippen molar-refractivity contribution in [3.63, 3.8) is 0 Å². The van der Waals surface area contributed by atoms with Crippen molar-refractivity contribution in [2.24, 2.45) is 0 Å². The summed E-state index contributed by atoms with van der Waals surface area (Å²) >= 11 is 0.481. The molecule has 0 aromatic rings. The molecule has 0 nitrogen and oxygen atoms in total. The Morgan fingerprint density at radius 3 is 1.80 bits per heavy atom. The molecule has 0 atom stereocenters. The molecule has 0 aromatic heterocycles. The molecule has 0 heterocycles. The fourth-order valence-electron chi connectivity index (χ4n) is 0. The van der Waals surface area contributed by atoms with Gasteiger partial charge >= 0.3 is 38.8 Å². The van der Waals surface area contributed by atoms with Gasteiger partial charge in [-0.3, -0.25) is 0 Å². The van der Waals surface area contributed by atoms with Crippen LogP contribution in [0.25, 0.3) is 0 Å². The summed E-state index contributed by atoms with van der Waals surface area (Å²) in [6, 6.07) is 0. The molecule has 0 aliphatic heterocycles. The first-order valence-corrected chi connectivity index (χ1v) is 3.38. The summed E-state index contributed by atoms with van der Waals surface area (Å²) in [6.45, 7) is 4.39. The summed E-state index contributed by atoms with van der Waals surface area (Å²) in [5.74, 6) is 0. The van der Waals surface area contributed by atoms with Crippen LogP contribution in [-0.4, -0.2) is 20.2 Å². The van der Waals surface area contributed by atoms with Crippen molar-refractivity contribution in [3.05, 3.63) is 0 Å². The molecule has 0 radical (unpaired) electrons. The third-order valence-corrected chi connectivity index (χ3v) is 1.41. The van der Waals surface area contributed by atoms with Gasteiger partial charge in [-0.05, 0) is 0 Å². The van der Waals surface area contributed by atoms with Crippen molar-refractivity contribution in [2.75, 3.05) is 0 Å². The summed E-state index contributed by atoms with van der Waals surface area (Å²) in [6.07, 6.45) is 0. The van der Waals surface area contributed by atoms with Gasteiger partial charge in [-0.1, -0.05) is 0 Å². The minimum atomic E-state index is 0.481. The van der Waals surface area contributed by atoms with Crippen LogP contribution in [0.4, 0.5) is 0 Å². The molecule has 0 aliphatic rings. The van der Waals surface area contributed by atoms with Crippen LogP contribution in [0.15, 0.2) is 0 Å². The van der Waals surface area contributed by atoms with E-state index >= 15 is 0 Å². The zero-order valence-electron chi connectivity index (χ0n) is 3.86. The molecule has 0 saturated carbocycles. The second kappa shape index (κ2) is 2.63. The Bertz CT molecular complexity index is 30.6. The topological polar surface area (TPSA) is 0 Å².